The van der Waals surface area contributed by atoms with Crippen LogP contribution in [0.3, 0.4) is 0 Å². The Morgan fingerprint density at radius 2 is 2.09 bits per heavy atom. The van der Waals surface area contributed by atoms with E-state index >= 15 is 0 Å². The first-order chi connectivity index (χ1) is 11.1. The Labute approximate surface area is 137 Å². The molecule has 0 atom stereocenters. The molecule has 1 N–H and O–H groups in total. The second-order valence-corrected chi connectivity index (χ2v) is 6.32. The molecule has 118 valence electrons. The molecule has 3 rings (SSSR count). The Kier molecular flexibility index (Phi) is 4.47. The van der Waals surface area contributed by atoms with Gasteiger partial charge in [0.15, 0.2) is 5.13 Å². The van der Waals surface area contributed by atoms with Gasteiger partial charge < -0.3 is 0 Å². The summed E-state index contributed by atoms with van der Waals surface area (Å²) in [6.07, 6.45) is 7.04. The third-order valence-corrected chi connectivity index (χ3v) is 4.70. The number of hydrogen-bond donors (Lipinski definition) is 1. The summed E-state index contributed by atoms with van der Waals surface area (Å²) < 4.78 is 0. The van der Waals surface area contributed by atoms with Crippen molar-refractivity contribution in [1.82, 2.24) is 4.98 Å². The van der Waals surface area contributed by atoms with Crippen LogP contribution in [0.15, 0.2) is 30.3 Å². The van der Waals surface area contributed by atoms with Crippen LogP contribution in [-0.4, -0.2) is 15.8 Å². The van der Waals surface area contributed by atoms with E-state index in [9.17, 15) is 14.9 Å². The van der Waals surface area contributed by atoms with Crippen LogP contribution in [-0.2, 0) is 17.6 Å². The van der Waals surface area contributed by atoms with Gasteiger partial charge in [0.2, 0.25) is 5.91 Å². The highest BCUT2D eigenvalue weighted by molar-refractivity contribution is 7.15. The molecule has 7 heteroatoms. The Morgan fingerprint density at radius 3 is 2.87 bits per heavy atom. The summed E-state index contributed by atoms with van der Waals surface area (Å²) >= 11 is 1.51. The maximum Gasteiger partial charge on any atom is 0.276 e. The number of aromatic nitrogens is 1. The lowest BCUT2D eigenvalue weighted by Crippen LogP contribution is -2.07. The van der Waals surface area contributed by atoms with E-state index in [1.165, 1.54) is 40.9 Å². The van der Waals surface area contributed by atoms with Gasteiger partial charge in [-0.2, -0.15) is 0 Å². The van der Waals surface area contributed by atoms with Crippen molar-refractivity contribution in [3.8, 4) is 0 Å². The number of nitrogens with zero attached hydrogens (tertiary/aromatic N) is 2. The van der Waals surface area contributed by atoms with Crippen LogP contribution >= 0.6 is 11.3 Å². The zero-order valence-electron chi connectivity index (χ0n) is 12.3. The number of fused-ring (bicyclic) bond motifs is 1. The van der Waals surface area contributed by atoms with Crippen molar-refractivity contribution in [1.29, 1.82) is 0 Å². The fraction of sp³-hybridized carbons (Fsp3) is 0.250. The van der Waals surface area contributed by atoms with Crippen LogP contribution in [0.25, 0.3) is 6.08 Å². The number of hydrogen-bond acceptors (Lipinski definition) is 5. The van der Waals surface area contributed by atoms with E-state index in [1.54, 1.807) is 18.2 Å². The number of anilines is 1. The first-order valence-electron chi connectivity index (χ1n) is 7.34. The normalized spacial score (nSPS) is 13.7. The maximum atomic E-state index is 12.0. The Balaban J connectivity index is 1.70. The summed E-state index contributed by atoms with van der Waals surface area (Å²) in [5.74, 6) is -0.339. The molecular formula is C16H15N3O3S. The lowest BCUT2D eigenvalue weighted by atomic mass is 10.0. The summed E-state index contributed by atoms with van der Waals surface area (Å²) in [6, 6.07) is 6.30. The Hall–Kier alpha value is -2.54. The van der Waals surface area contributed by atoms with Crippen LogP contribution in [0.1, 0.15) is 29.0 Å². The van der Waals surface area contributed by atoms with Gasteiger partial charge in [-0.25, -0.2) is 4.98 Å². The highest BCUT2D eigenvalue weighted by atomic mass is 32.1. The zero-order valence-corrected chi connectivity index (χ0v) is 13.1. The summed E-state index contributed by atoms with van der Waals surface area (Å²) in [7, 11) is 0. The average molecular weight is 329 g/mol. The molecular weight excluding hydrogens is 314 g/mol. The third-order valence-electron chi connectivity index (χ3n) is 3.62. The van der Waals surface area contributed by atoms with Crippen molar-refractivity contribution in [2.24, 2.45) is 0 Å². The Bertz CT molecular complexity index is 759. The van der Waals surface area contributed by atoms with Gasteiger partial charge in [0, 0.05) is 17.0 Å². The van der Waals surface area contributed by atoms with Crippen LogP contribution in [0, 0.1) is 10.1 Å². The Morgan fingerprint density at radius 1 is 1.30 bits per heavy atom. The first kappa shape index (κ1) is 15.4. The highest BCUT2D eigenvalue weighted by Crippen LogP contribution is 2.29. The minimum absolute atomic E-state index is 0.0266. The molecule has 1 heterocycles. The van der Waals surface area contributed by atoms with Gasteiger partial charge in [0.05, 0.1) is 16.2 Å². The number of carbonyl (C=O) groups is 1. The van der Waals surface area contributed by atoms with E-state index < -0.39 is 4.92 Å². The summed E-state index contributed by atoms with van der Waals surface area (Å²) in [6.45, 7) is 0. The fourth-order valence-electron chi connectivity index (χ4n) is 2.51. The largest absolute Gasteiger partial charge is 0.298 e. The molecule has 1 amide bonds. The molecule has 0 spiro atoms. The van der Waals surface area contributed by atoms with E-state index in [-0.39, 0.29) is 11.6 Å². The molecule has 0 saturated heterocycles. The number of rotatable bonds is 4. The number of nitro benzene ring substituents is 1. The summed E-state index contributed by atoms with van der Waals surface area (Å²) in [5, 5.41) is 14.3. The average Bonchev–Trinajstić information content (AvgIpc) is 2.95. The lowest BCUT2D eigenvalue weighted by Gasteiger charge is -2.06. The molecule has 0 bridgehead atoms. The molecule has 2 aromatic rings. The molecule has 0 radical (unpaired) electrons. The maximum absolute atomic E-state index is 12.0. The summed E-state index contributed by atoms with van der Waals surface area (Å²) in [5.41, 5.74) is 1.45. The molecule has 1 aromatic heterocycles. The fourth-order valence-corrected chi connectivity index (χ4v) is 3.57. The third kappa shape index (κ3) is 3.62. The molecule has 0 saturated carbocycles. The molecule has 0 aliphatic heterocycles. The highest BCUT2D eigenvalue weighted by Gasteiger charge is 2.16. The first-order valence-corrected chi connectivity index (χ1v) is 8.16. The van der Waals surface area contributed by atoms with E-state index in [1.807, 2.05) is 0 Å². The quantitative estimate of drug-likeness (QED) is 0.528. The number of nitrogens with one attached hydrogen (secondary N) is 1. The van der Waals surface area contributed by atoms with Gasteiger partial charge in [-0.1, -0.05) is 12.1 Å². The standard InChI is InChI=1S/C16H15N3O3S/c20-15(10-9-11-5-1-3-7-13(11)19(21)22)18-16-17-12-6-2-4-8-14(12)23-16/h1,3,5,7,9-10H,2,4,6,8H2,(H,17,18,20). The molecule has 1 aliphatic carbocycles. The number of aryl methyl sites for hydroxylation is 2. The number of nitro groups is 1. The number of para-hydroxylation sites is 1. The van der Waals surface area contributed by atoms with Crippen molar-refractivity contribution in [3.63, 3.8) is 0 Å². The molecule has 1 aromatic carbocycles. The molecule has 0 fully saturated rings. The van der Waals surface area contributed by atoms with Crippen molar-refractivity contribution in [3.05, 3.63) is 56.6 Å². The molecule has 1 aliphatic rings. The smallest absolute Gasteiger partial charge is 0.276 e. The van der Waals surface area contributed by atoms with Crippen molar-refractivity contribution < 1.29 is 9.72 Å². The molecule has 23 heavy (non-hydrogen) atoms. The van der Waals surface area contributed by atoms with Gasteiger partial charge in [-0.05, 0) is 37.8 Å². The van der Waals surface area contributed by atoms with Crippen LogP contribution in [0.5, 0.6) is 0 Å². The van der Waals surface area contributed by atoms with Crippen LogP contribution in [0.4, 0.5) is 10.8 Å². The van der Waals surface area contributed by atoms with Crippen LogP contribution in [0.2, 0.25) is 0 Å². The van der Waals surface area contributed by atoms with Gasteiger partial charge in [-0.3, -0.25) is 20.2 Å². The number of thiazole rings is 1. The second kappa shape index (κ2) is 6.70. The predicted octanol–water partition coefficient (Wildman–Crippen LogP) is 3.58. The van der Waals surface area contributed by atoms with Gasteiger partial charge >= 0.3 is 0 Å². The molecule has 0 unspecified atom stereocenters. The topological polar surface area (TPSA) is 85.1 Å². The van der Waals surface area contributed by atoms with Crippen molar-refractivity contribution in [2.45, 2.75) is 25.7 Å². The van der Waals surface area contributed by atoms with Crippen LogP contribution < -0.4 is 5.32 Å². The second-order valence-electron chi connectivity index (χ2n) is 5.23. The lowest BCUT2D eigenvalue weighted by molar-refractivity contribution is -0.385. The van der Waals surface area contributed by atoms with Gasteiger partial charge in [-0.15, -0.1) is 11.3 Å². The van der Waals surface area contributed by atoms with E-state index in [4.69, 9.17) is 0 Å². The minimum atomic E-state index is -0.466. The monoisotopic (exact) mass is 329 g/mol. The van der Waals surface area contributed by atoms with Crippen molar-refractivity contribution in [2.75, 3.05) is 5.32 Å². The number of amides is 1. The minimum Gasteiger partial charge on any atom is -0.298 e. The van der Waals surface area contributed by atoms with Crippen molar-refractivity contribution >= 4 is 34.1 Å². The van der Waals surface area contributed by atoms with E-state index in [0.717, 1.165) is 25.0 Å². The zero-order chi connectivity index (χ0) is 16.2. The van der Waals surface area contributed by atoms with E-state index in [2.05, 4.69) is 10.3 Å². The number of benzene rings is 1. The van der Waals surface area contributed by atoms with Gasteiger partial charge in [0.25, 0.3) is 5.69 Å². The number of carbonyl (C=O) groups excluding carboxylic acids is 1. The SMILES string of the molecule is O=C(C=Cc1ccccc1[N+](=O)[O-])Nc1nc2c(s1)CCCC2. The molecule has 6 nitrogen and oxygen atoms in total. The van der Waals surface area contributed by atoms with Gasteiger partial charge in [0.1, 0.15) is 0 Å². The van der Waals surface area contributed by atoms with E-state index in [0.29, 0.717) is 10.7 Å². The predicted molar refractivity (Wildman–Crippen MR) is 89.5 cm³/mol. The summed E-state index contributed by atoms with van der Waals surface area (Å²) in [4.78, 5) is 28.1.